The van der Waals surface area contributed by atoms with E-state index in [0.29, 0.717) is 39.6 Å². The van der Waals surface area contributed by atoms with Crippen molar-refractivity contribution in [2.45, 2.75) is 195 Å². The lowest BCUT2D eigenvalue weighted by Crippen LogP contribution is -2.05. The van der Waals surface area contributed by atoms with Crippen molar-refractivity contribution in [3.63, 3.8) is 0 Å². The maximum Gasteiger partial charge on any atom is 0.161 e. The summed E-state index contributed by atoms with van der Waals surface area (Å²) in [5.41, 5.74) is 0. The van der Waals surface area contributed by atoms with Gasteiger partial charge in [0.05, 0.1) is 39.6 Å². The van der Waals surface area contributed by atoms with E-state index in [1.54, 1.807) is 0 Å². The molecule has 62 heavy (non-hydrogen) atoms. The minimum absolute atomic E-state index is 0.621. The van der Waals surface area contributed by atoms with Crippen LogP contribution in [0.3, 0.4) is 0 Å². The number of hydrogen-bond acceptors (Lipinski definition) is 6. The largest absolute Gasteiger partial charge is 0.490 e. The van der Waals surface area contributed by atoms with E-state index >= 15 is 0 Å². The van der Waals surface area contributed by atoms with E-state index in [-0.39, 0.29) is 0 Å². The summed E-state index contributed by atoms with van der Waals surface area (Å²) in [6, 6.07) is 13.3. The number of unbranched alkanes of at least 4 members (excludes halogenated alkanes) is 19. The molecule has 0 aromatic heterocycles. The predicted octanol–water partition coefficient (Wildman–Crippen LogP) is 16.9. The van der Waals surface area contributed by atoms with Crippen LogP contribution in [0, 0.1) is 12.3 Å². The van der Waals surface area contributed by atoms with E-state index in [1.165, 1.54) is 64.2 Å². The van der Waals surface area contributed by atoms with Crippen LogP contribution < -0.4 is 28.4 Å². The normalized spacial score (nSPS) is 11.4. The average Bonchev–Trinajstić information content (AvgIpc) is 3.28. The standard InChI is InChI=1S/C56H84O6/c1-7-13-19-25-26-32-38-62-56-44-50-48-42-54(60-36-30-23-17-11-5)52(58-34-28-21-15-9-3)40-46(48)45-39-51(57-33-27-20-14-8-2)53(59-35-29-22-16-10-4)41-47(45)49(50)43-55(56)61-37-31-24-18-12-6/h1,39-44H,8-38H2,2-6H3. The Bertz CT molecular complexity index is 1820. The van der Waals surface area contributed by atoms with Crippen LogP contribution in [0.5, 0.6) is 34.5 Å². The Morgan fingerprint density at radius 3 is 0.677 bits per heavy atom. The molecule has 0 aliphatic heterocycles. The summed E-state index contributed by atoms with van der Waals surface area (Å²) >= 11 is 0. The fourth-order valence-electron chi connectivity index (χ4n) is 8.11. The van der Waals surface area contributed by atoms with Gasteiger partial charge in [-0.1, -0.05) is 144 Å². The van der Waals surface area contributed by atoms with Gasteiger partial charge in [0.1, 0.15) is 0 Å². The van der Waals surface area contributed by atoms with Crippen LogP contribution in [-0.2, 0) is 0 Å². The van der Waals surface area contributed by atoms with Gasteiger partial charge >= 0.3 is 0 Å². The maximum atomic E-state index is 6.67. The molecule has 0 saturated carbocycles. The third-order valence-electron chi connectivity index (χ3n) is 11.9. The maximum absolute atomic E-state index is 6.67. The van der Waals surface area contributed by atoms with Gasteiger partial charge in [0.25, 0.3) is 0 Å². The van der Waals surface area contributed by atoms with Gasteiger partial charge in [0, 0.05) is 6.42 Å². The first-order valence-corrected chi connectivity index (χ1v) is 25.3. The summed E-state index contributed by atoms with van der Waals surface area (Å²) in [4.78, 5) is 0. The molecule has 0 aliphatic carbocycles. The molecule has 0 N–H and O–H groups in total. The van der Waals surface area contributed by atoms with Crippen molar-refractivity contribution in [3.05, 3.63) is 36.4 Å². The molecule has 0 spiro atoms. The number of rotatable bonds is 37. The molecule has 4 aromatic rings. The van der Waals surface area contributed by atoms with Gasteiger partial charge in [0.2, 0.25) is 0 Å². The number of benzene rings is 4. The van der Waals surface area contributed by atoms with Gasteiger partial charge in [-0.3, -0.25) is 0 Å². The highest BCUT2D eigenvalue weighted by Crippen LogP contribution is 2.47. The van der Waals surface area contributed by atoms with E-state index in [0.717, 1.165) is 163 Å². The van der Waals surface area contributed by atoms with Crippen molar-refractivity contribution in [2.75, 3.05) is 39.6 Å². The van der Waals surface area contributed by atoms with Gasteiger partial charge in [-0.15, -0.1) is 12.3 Å². The van der Waals surface area contributed by atoms with Crippen LogP contribution in [0.25, 0.3) is 32.3 Å². The first kappa shape index (κ1) is 50.7. The summed E-state index contributed by atoms with van der Waals surface area (Å²) in [5.74, 6) is 7.56. The van der Waals surface area contributed by atoms with Gasteiger partial charge < -0.3 is 28.4 Å². The summed E-state index contributed by atoms with van der Waals surface area (Å²) in [5, 5.41) is 6.62. The van der Waals surface area contributed by atoms with E-state index in [4.69, 9.17) is 34.8 Å². The molecule has 0 heterocycles. The minimum Gasteiger partial charge on any atom is -0.490 e. The molecule has 0 atom stereocenters. The molecule has 0 aliphatic rings. The molecule has 0 saturated heterocycles. The minimum atomic E-state index is 0.621. The van der Waals surface area contributed by atoms with Gasteiger partial charge in [-0.05, 0) is 114 Å². The van der Waals surface area contributed by atoms with Crippen molar-refractivity contribution in [3.8, 4) is 46.8 Å². The van der Waals surface area contributed by atoms with Crippen LogP contribution >= 0.6 is 0 Å². The molecule has 344 valence electrons. The van der Waals surface area contributed by atoms with Crippen molar-refractivity contribution < 1.29 is 28.4 Å². The molecule has 4 aromatic carbocycles. The van der Waals surface area contributed by atoms with Crippen LogP contribution in [0.4, 0.5) is 0 Å². The second-order valence-corrected chi connectivity index (χ2v) is 17.3. The van der Waals surface area contributed by atoms with Crippen molar-refractivity contribution >= 4 is 32.3 Å². The smallest absolute Gasteiger partial charge is 0.161 e. The summed E-state index contributed by atoms with van der Waals surface area (Å²) < 4.78 is 39.9. The lowest BCUT2D eigenvalue weighted by Gasteiger charge is -2.21. The van der Waals surface area contributed by atoms with Gasteiger partial charge in [-0.2, -0.15) is 0 Å². The van der Waals surface area contributed by atoms with Gasteiger partial charge in [-0.25, -0.2) is 0 Å². The first-order valence-electron chi connectivity index (χ1n) is 25.3. The van der Waals surface area contributed by atoms with E-state index in [9.17, 15) is 0 Å². The molecule has 0 unspecified atom stereocenters. The lowest BCUT2D eigenvalue weighted by molar-refractivity contribution is 0.259. The summed E-state index contributed by atoms with van der Waals surface area (Å²) in [6.07, 6.45) is 33.4. The second kappa shape index (κ2) is 31.0. The second-order valence-electron chi connectivity index (χ2n) is 17.3. The zero-order chi connectivity index (χ0) is 44.0. The SMILES string of the molecule is C#CCCCCCCOc1cc2c3cc(OCCCCCC)c(OCCCCCC)cc3c3cc(OCCCCCC)c(OCCCCCC)cc3c2cc1OCCCCCC. The monoisotopic (exact) mass is 853 g/mol. The van der Waals surface area contributed by atoms with Crippen molar-refractivity contribution in [2.24, 2.45) is 0 Å². The Kier molecular flexibility index (Phi) is 25.3. The molecular weight excluding hydrogens is 769 g/mol. The van der Waals surface area contributed by atoms with Crippen molar-refractivity contribution in [1.82, 2.24) is 0 Å². The van der Waals surface area contributed by atoms with Crippen LogP contribution in [0.1, 0.15) is 195 Å². The Labute approximate surface area is 377 Å². The Balaban J connectivity index is 1.93. The fourth-order valence-corrected chi connectivity index (χ4v) is 8.11. The summed E-state index contributed by atoms with van der Waals surface area (Å²) in [6.45, 7) is 15.1. The quantitative estimate of drug-likeness (QED) is 0.0256. The summed E-state index contributed by atoms with van der Waals surface area (Å²) in [7, 11) is 0. The first-order chi connectivity index (χ1) is 30.6. The highest BCUT2D eigenvalue weighted by molar-refractivity contribution is 6.26. The topological polar surface area (TPSA) is 55.4 Å². The number of ether oxygens (including phenoxy) is 6. The molecule has 0 fully saturated rings. The van der Waals surface area contributed by atoms with Crippen LogP contribution in [0.15, 0.2) is 36.4 Å². The lowest BCUT2D eigenvalue weighted by atomic mass is 9.93. The van der Waals surface area contributed by atoms with E-state index in [2.05, 4.69) is 76.9 Å². The zero-order valence-electron chi connectivity index (χ0n) is 39.9. The molecule has 0 radical (unpaired) electrons. The number of hydrogen-bond donors (Lipinski definition) is 0. The molecule has 6 heteroatoms. The molecule has 4 rings (SSSR count). The Morgan fingerprint density at radius 1 is 0.290 bits per heavy atom. The average molecular weight is 853 g/mol. The molecular formula is C56H84O6. The van der Waals surface area contributed by atoms with Crippen LogP contribution in [0.2, 0.25) is 0 Å². The zero-order valence-corrected chi connectivity index (χ0v) is 39.9. The highest BCUT2D eigenvalue weighted by Gasteiger charge is 2.21. The van der Waals surface area contributed by atoms with Gasteiger partial charge in [0.15, 0.2) is 34.5 Å². The van der Waals surface area contributed by atoms with Crippen LogP contribution in [-0.4, -0.2) is 39.6 Å². The predicted molar refractivity (Wildman–Crippen MR) is 265 cm³/mol. The van der Waals surface area contributed by atoms with E-state index in [1.807, 2.05) is 0 Å². The Morgan fingerprint density at radius 2 is 0.484 bits per heavy atom. The Hall–Kier alpha value is -3.98. The number of terminal acetylenes is 1. The molecule has 0 bridgehead atoms. The third-order valence-corrected chi connectivity index (χ3v) is 11.9. The number of fused-ring (bicyclic) bond motifs is 6. The highest BCUT2D eigenvalue weighted by atomic mass is 16.5. The molecule has 0 amide bonds. The van der Waals surface area contributed by atoms with E-state index < -0.39 is 0 Å². The molecule has 6 nitrogen and oxygen atoms in total. The third kappa shape index (κ3) is 17.0. The van der Waals surface area contributed by atoms with Crippen molar-refractivity contribution in [1.29, 1.82) is 0 Å². The fraction of sp³-hybridized carbons (Fsp3) is 0.643.